The quantitative estimate of drug-likeness (QED) is 0.923. The molecule has 106 valence electrons. The van der Waals surface area contributed by atoms with Gasteiger partial charge < -0.3 is 10.5 Å². The highest BCUT2D eigenvalue weighted by Gasteiger charge is 2.31. The molecule has 0 radical (unpaired) electrons. The minimum atomic E-state index is 0.218. The van der Waals surface area contributed by atoms with Crippen molar-refractivity contribution in [1.29, 1.82) is 0 Å². The number of hydrogen-bond donors (Lipinski definition) is 1. The van der Waals surface area contributed by atoms with Gasteiger partial charge in [-0.2, -0.15) is 0 Å². The molecule has 0 amide bonds. The van der Waals surface area contributed by atoms with Gasteiger partial charge in [-0.05, 0) is 31.0 Å². The maximum Gasteiger partial charge on any atom is 0.0675 e. The molecule has 4 heteroatoms. The van der Waals surface area contributed by atoms with Crippen molar-refractivity contribution < 1.29 is 4.74 Å². The van der Waals surface area contributed by atoms with E-state index in [0.717, 1.165) is 24.6 Å². The third-order valence-corrected chi connectivity index (χ3v) is 4.07. The first-order valence-electron chi connectivity index (χ1n) is 6.98. The summed E-state index contributed by atoms with van der Waals surface area (Å²) in [6, 6.07) is 8.67. The van der Waals surface area contributed by atoms with Crippen molar-refractivity contribution >= 4 is 11.6 Å². The summed E-state index contributed by atoms with van der Waals surface area (Å²) in [5, 5.41) is 0.769. The molecular formula is C15H23ClN2O. The predicted molar refractivity (Wildman–Crippen MR) is 79.4 cm³/mol. The minimum Gasteiger partial charge on any atom is -0.376 e. The molecule has 0 aromatic heterocycles. The van der Waals surface area contributed by atoms with Crippen molar-refractivity contribution in [2.24, 2.45) is 5.73 Å². The lowest BCUT2D eigenvalue weighted by Gasteiger charge is -2.43. The molecule has 0 aliphatic carbocycles. The molecule has 3 atom stereocenters. The van der Waals surface area contributed by atoms with E-state index >= 15 is 0 Å². The first-order chi connectivity index (χ1) is 9.15. The Balaban J connectivity index is 2.23. The molecule has 1 aliphatic heterocycles. The van der Waals surface area contributed by atoms with Crippen LogP contribution in [-0.2, 0) is 4.74 Å². The van der Waals surface area contributed by atoms with E-state index in [0.29, 0.717) is 12.6 Å². The first-order valence-corrected chi connectivity index (χ1v) is 7.36. The maximum absolute atomic E-state index is 6.10. The number of hydrogen-bond acceptors (Lipinski definition) is 3. The number of benzene rings is 1. The Labute approximate surface area is 120 Å². The Bertz CT molecular complexity index is 413. The summed E-state index contributed by atoms with van der Waals surface area (Å²) in [7, 11) is 0. The zero-order valence-corrected chi connectivity index (χ0v) is 12.4. The van der Waals surface area contributed by atoms with Crippen molar-refractivity contribution in [3.8, 4) is 0 Å². The highest BCUT2D eigenvalue weighted by molar-refractivity contribution is 6.30. The molecule has 1 fully saturated rings. The second-order valence-corrected chi connectivity index (χ2v) is 5.65. The highest BCUT2D eigenvalue weighted by atomic mass is 35.5. The van der Waals surface area contributed by atoms with Crippen LogP contribution in [0.4, 0.5) is 0 Å². The van der Waals surface area contributed by atoms with Crippen molar-refractivity contribution in [2.75, 3.05) is 19.7 Å². The van der Waals surface area contributed by atoms with Gasteiger partial charge in [0, 0.05) is 30.2 Å². The molecule has 1 aliphatic rings. The summed E-state index contributed by atoms with van der Waals surface area (Å²) in [5.74, 6) is 0. The second-order valence-electron chi connectivity index (χ2n) is 5.21. The predicted octanol–water partition coefficient (Wildman–Crippen LogP) is 2.84. The van der Waals surface area contributed by atoms with E-state index in [9.17, 15) is 0 Å². The van der Waals surface area contributed by atoms with E-state index in [1.807, 2.05) is 18.2 Å². The van der Waals surface area contributed by atoms with E-state index in [4.69, 9.17) is 22.1 Å². The van der Waals surface area contributed by atoms with E-state index < -0.39 is 0 Å². The maximum atomic E-state index is 6.10. The van der Waals surface area contributed by atoms with Crippen LogP contribution < -0.4 is 5.73 Å². The van der Waals surface area contributed by atoms with E-state index in [2.05, 4.69) is 24.8 Å². The highest BCUT2D eigenvalue weighted by Crippen LogP contribution is 2.28. The SMILES string of the molecule is CCC1COC(C)CN1C(CN)c1cccc(Cl)c1. The van der Waals surface area contributed by atoms with Gasteiger partial charge in [-0.3, -0.25) is 4.90 Å². The van der Waals surface area contributed by atoms with Gasteiger partial charge in [0.25, 0.3) is 0 Å². The molecule has 1 saturated heterocycles. The van der Waals surface area contributed by atoms with Crippen molar-refractivity contribution in [3.63, 3.8) is 0 Å². The van der Waals surface area contributed by atoms with E-state index in [1.54, 1.807) is 0 Å². The van der Waals surface area contributed by atoms with Crippen LogP contribution in [0.3, 0.4) is 0 Å². The summed E-state index contributed by atoms with van der Waals surface area (Å²) in [6.45, 7) is 6.62. The lowest BCUT2D eigenvalue weighted by Crippen LogP contribution is -2.51. The summed E-state index contributed by atoms with van der Waals surface area (Å²) in [4.78, 5) is 2.47. The number of nitrogens with zero attached hydrogens (tertiary/aromatic N) is 1. The lowest BCUT2D eigenvalue weighted by atomic mass is 10.0. The van der Waals surface area contributed by atoms with Gasteiger partial charge in [0.05, 0.1) is 12.7 Å². The van der Waals surface area contributed by atoms with Crippen LogP contribution in [0.2, 0.25) is 5.02 Å². The summed E-state index contributed by atoms with van der Waals surface area (Å²) < 4.78 is 5.76. The summed E-state index contributed by atoms with van der Waals surface area (Å²) in [6.07, 6.45) is 1.33. The molecule has 0 spiro atoms. The van der Waals surface area contributed by atoms with E-state index in [-0.39, 0.29) is 12.1 Å². The minimum absolute atomic E-state index is 0.218. The van der Waals surface area contributed by atoms with Crippen LogP contribution in [0.25, 0.3) is 0 Å². The van der Waals surface area contributed by atoms with Crippen molar-refractivity contribution in [2.45, 2.75) is 38.5 Å². The molecular weight excluding hydrogens is 260 g/mol. The number of nitrogens with two attached hydrogens (primary N) is 1. The average Bonchev–Trinajstić information content (AvgIpc) is 2.40. The Morgan fingerprint density at radius 1 is 1.53 bits per heavy atom. The molecule has 0 bridgehead atoms. The molecule has 3 unspecified atom stereocenters. The summed E-state index contributed by atoms with van der Waals surface area (Å²) >= 11 is 6.10. The fourth-order valence-corrected chi connectivity index (χ4v) is 2.98. The van der Waals surface area contributed by atoms with Gasteiger partial charge in [-0.1, -0.05) is 30.7 Å². The first kappa shape index (κ1) is 14.8. The van der Waals surface area contributed by atoms with Crippen LogP contribution in [0, 0.1) is 0 Å². The molecule has 2 N–H and O–H groups in total. The zero-order valence-electron chi connectivity index (χ0n) is 11.7. The van der Waals surface area contributed by atoms with Gasteiger partial charge in [0.2, 0.25) is 0 Å². The Morgan fingerprint density at radius 2 is 2.32 bits per heavy atom. The molecule has 19 heavy (non-hydrogen) atoms. The molecule has 1 aromatic carbocycles. The van der Waals surface area contributed by atoms with Gasteiger partial charge in [-0.25, -0.2) is 0 Å². The van der Waals surface area contributed by atoms with Crippen LogP contribution >= 0.6 is 11.6 Å². The van der Waals surface area contributed by atoms with Crippen molar-refractivity contribution in [3.05, 3.63) is 34.9 Å². The van der Waals surface area contributed by atoms with Gasteiger partial charge in [-0.15, -0.1) is 0 Å². The smallest absolute Gasteiger partial charge is 0.0675 e. The van der Waals surface area contributed by atoms with E-state index in [1.165, 1.54) is 5.56 Å². The second kappa shape index (κ2) is 6.71. The van der Waals surface area contributed by atoms with Gasteiger partial charge in [0.1, 0.15) is 0 Å². The van der Waals surface area contributed by atoms with Crippen molar-refractivity contribution in [1.82, 2.24) is 4.90 Å². The van der Waals surface area contributed by atoms with Crippen LogP contribution in [0.15, 0.2) is 24.3 Å². The van der Waals surface area contributed by atoms with Gasteiger partial charge in [0.15, 0.2) is 0 Å². The molecule has 2 rings (SSSR count). The topological polar surface area (TPSA) is 38.5 Å². The Hall–Kier alpha value is -0.610. The largest absolute Gasteiger partial charge is 0.376 e. The fourth-order valence-electron chi connectivity index (χ4n) is 2.78. The third kappa shape index (κ3) is 3.48. The number of morpholine rings is 1. The number of rotatable bonds is 4. The number of ether oxygens (including phenoxy) is 1. The fraction of sp³-hybridized carbons (Fsp3) is 0.600. The molecule has 0 saturated carbocycles. The molecule has 3 nitrogen and oxygen atoms in total. The van der Waals surface area contributed by atoms with Crippen LogP contribution in [0.5, 0.6) is 0 Å². The Morgan fingerprint density at radius 3 is 2.95 bits per heavy atom. The summed E-state index contributed by atoms with van der Waals surface area (Å²) in [5.41, 5.74) is 7.22. The van der Waals surface area contributed by atoms with Crippen LogP contribution in [0.1, 0.15) is 31.9 Å². The molecule has 1 aromatic rings. The average molecular weight is 283 g/mol. The third-order valence-electron chi connectivity index (χ3n) is 3.84. The zero-order chi connectivity index (χ0) is 13.8. The lowest BCUT2D eigenvalue weighted by molar-refractivity contribution is -0.0719. The number of halogens is 1. The van der Waals surface area contributed by atoms with Gasteiger partial charge >= 0.3 is 0 Å². The monoisotopic (exact) mass is 282 g/mol. The normalized spacial score (nSPS) is 26.3. The van der Waals surface area contributed by atoms with Crippen LogP contribution in [-0.4, -0.2) is 36.7 Å². The molecule has 1 heterocycles. The Kier molecular flexibility index (Phi) is 5.22. The standard InChI is InChI=1S/C15H23ClN2O/c1-3-14-10-19-11(2)9-18(14)15(8-17)12-5-4-6-13(16)7-12/h4-7,11,14-15H,3,8-10,17H2,1-2H3.